The van der Waals surface area contributed by atoms with Crippen molar-refractivity contribution in [2.75, 3.05) is 36.4 Å². The summed E-state index contributed by atoms with van der Waals surface area (Å²) in [6.07, 6.45) is 3.88. The molecular weight excluding hydrogens is 506 g/mol. The first-order valence-corrected chi connectivity index (χ1v) is 13.5. The molecule has 0 aliphatic carbocycles. The van der Waals surface area contributed by atoms with Crippen LogP contribution in [-0.4, -0.2) is 62.7 Å². The maximum absolute atomic E-state index is 12.4. The molecule has 40 heavy (non-hydrogen) atoms. The standard InChI is InChI=1S/C30H35N7O3/c1-6-21-7-9-23(18-31-21)39-25-11-8-22(17-20(25)2)34-28-27-24(32-19-33-28)10-12-26(35-27)36-13-15-37(16-14-36)29(38)40-30(3,4)5/h7-12,17-19H,6,13-16H2,1-5H3,(H,32,33,34). The van der Waals surface area contributed by atoms with E-state index in [4.69, 9.17) is 14.5 Å². The quantitative estimate of drug-likeness (QED) is 0.320. The van der Waals surface area contributed by atoms with Crippen LogP contribution in [0.4, 0.5) is 22.1 Å². The summed E-state index contributed by atoms with van der Waals surface area (Å²) in [7, 11) is 0. The highest BCUT2D eigenvalue weighted by atomic mass is 16.6. The first-order valence-electron chi connectivity index (χ1n) is 13.5. The number of piperazine rings is 1. The number of pyridine rings is 2. The van der Waals surface area contributed by atoms with Crippen LogP contribution in [0.1, 0.15) is 39.0 Å². The summed E-state index contributed by atoms with van der Waals surface area (Å²) < 4.78 is 11.6. The lowest BCUT2D eigenvalue weighted by Crippen LogP contribution is -2.50. The van der Waals surface area contributed by atoms with Gasteiger partial charge in [0.1, 0.15) is 34.8 Å². The minimum Gasteiger partial charge on any atom is -0.455 e. The van der Waals surface area contributed by atoms with Crippen LogP contribution in [0.2, 0.25) is 0 Å². The summed E-state index contributed by atoms with van der Waals surface area (Å²) in [5.41, 5.74) is 3.77. The molecule has 1 aliphatic rings. The molecule has 1 amide bonds. The Morgan fingerprint density at radius 3 is 2.48 bits per heavy atom. The molecule has 10 nitrogen and oxygen atoms in total. The van der Waals surface area contributed by atoms with E-state index in [-0.39, 0.29) is 6.09 Å². The number of hydrogen-bond donors (Lipinski definition) is 1. The maximum Gasteiger partial charge on any atom is 0.410 e. The second-order valence-electron chi connectivity index (χ2n) is 10.8. The molecule has 0 atom stereocenters. The smallest absolute Gasteiger partial charge is 0.410 e. The van der Waals surface area contributed by atoms with Gasteiger partial charge in [0.25, 0.3) is 0 Å². The van der Waals surface area contributed by atoms with Crippen molar-refractivity contribution in [2.24, 2.45) is 0 Å². The minimum atomic E-state index is -0.512. The van der Waals surface area contributed by atoms with Gasteiger partial charge >= 0.3 is 6.09 Å². The Morgan fingerprint density at radius 2 is 1.80 bits per heavy atom. The van der Waals surface area contributed by atoms with Crippen LogP contribution < -0.4 is 15.0 Å². The van der Waals surface area contributed by atoms with Gasteiger partial charge in [-0.3, -0.25) is 4.98 Å². The molecule has 0 bridgehead atoms. The van der Waals surface area contributed by atoms with E-state index < -0.39 is 5.60 Å². The Morgan fingerprint density at radius 1 is 1.00 bits per heavy atom. The van der Waals surface area contributed by atoms with Gasteiger partial charge < -0.3 is 24.6 Å². The number of aromatic nitrogens is 4. The van der Waals surface area contributed by atoms with Crippen molar-refractivity contribution in [2.45, 2.75) is 46.6 Å². The van der Waals surface area contributed by atoms with Crippen molar-refractivity contribution in [1.29, 1.82) is 0 Å². The molecule has 1 saturated heterocycles. The van der Waals surface area contributed by atoms with Crippen LogP contribution in [0.15, 0.2) is 55.0 Å². The minimum absolute atomic E-state index is 0.281. The monoisotopic (exact) mass is 541 g/mol. The van der Waals surface area contributed by atoms with Crippen LogP contribution in [0.5, 0.6) is 11.5 Å². The number of carbonyl (C=O) groups excluding carboxylic acids is 1. The van der Waals surface area contributed by atoms with Crippen molar-refractivity contribution in [1.82, 2.24) is 24.8 Å². The number of ether oxygens (including phenoxy) is 2. The van der Waals surface area contributed by atoms with Gasteiger partial charge in [-0.2, -0.15) is 0 Å². The predicted octanol–water partition coefficient (Wildman–Crippen LogP) is 5.88. The Hall–Kier alpha value is -4.47. The van der Waals surface area contributed by atoms with E-state index in [1.165, 1.54) is 6.33 Å². The van der Waals surface area contributed by atoms with Gasteiger partial charge in [0.05, 0.1) is 11.7 Å². The van der Waals surface area contributed by atoms with E-state index in [1.807, 2.05) is 70.2 Å². The third-order valence-electron chi connectivity index (χ3n) is 6.55. The number of hydrogen-bond acceptors (Lipinski definition) is 9. The van der Waals surface area contributed by atoms with E-state index in [1.54, 1.807) is 11.1 Å². The summed E-state index contributed by atoms with van der Waals surface area (Å²) in [5.74, 6) is 2.89. The largest absolute Gasteiger partial charge is 0.455 e. The van der Waals surface area contributed by atoms with Crippen LogP contribution in [0, 0.1) is 6.92 Å². The van der Waals surface area contributed by atoms with Crippen LogP contribution in [-0.2, 0) is 11.2 Å². The number of amides is 1. The lowest BCUT2D eigenvalue weighted by atomic mass is 10.2. The molecule has 1 aliphatic heterocycles. The summed E-state index contributed by atoms with van der Waals surface area (Å²) in [6, 6.07) is 13.7. The fraction of sp³-hybridized carbons (Fsp3) is 0.367. The Labute approximate surface area is 234 Å². The second kappa shape index (κ2) is 11.3. The summed E-state index contributed by atoms with van der Waals surface area (Å²) in [5, 5.41) is 3.40. The highest BCUT2D eigenvalue weighted by Crippen LogP contribution is 2.30. The zero-order valence-corrected chi connectivity index (χ0v) is 23.6. The van der Waals surface area contributed by atoms with E-state index >= 15 is 0 Å². The molecule has 1 N–H and O–H groups in total. The lowest BCUT2D eigenvalue weighted by molar-refractivity contribution is 0.0240. The average Bonchev–Trinajstić information content (AvgIpc) is 2.94. The number of nitrogens with one attached hydrogen (secondary N) is 1. The Bertz CT molecular complexity index is 1490. The third kappa shape index (κ3) is 6.39. The summed E-state index contributed by atoms with van der Waals surface area (Å²) in [4.78, 5) is 34.5. The number of nitrogens with zero attached hydrogens (tertiary/aromatic N) is 6. The van der Waals surface area contributed by atoms with Crippen molar-refractivity contribution in [3.63, 3.8) is 0 Å². The molecule has 3 aromatic heterocycles. The zero-order chi connectivity index (χ0) is 28.3. The molecule has 208 valence electrons. The molecule has 1 aromatic carbocycles. The highest BCUT2D eigenvalue weighted by Gasteiger charge is 2.26. The van der Waals surface area contributed by atoms with Crippen molar-refractivity contribution in [3.05, 3.63) is 66.2 Å². The van der Waals surface area contributed by atoms with Gasteiger partial charge in [0.15, 0.2) is 5.82 Å². The topological polar surface area (TPSA) is 106 Å². The maximum atomic E-state index is 12.4. The molecule has 4 heterocycles. The Balaban J connectivity index is 1.29. The summed E-state index contributed by atoms with van der Waals surface area (Å²) in [6.45, 7) is 12.2. The van der Waals surface area contributed by atoms with Crippen LogP contribution in [0.3, 0.4) is 0 Å². The van der Waals surface area contributed by atoms with Crippen LogP contribution in [0.25, 0.3) is 11.0 Å². The number of rotatable bonds is 6. The third-order valence-corrected chi connectivity index (χ3v) is 6.55. The molecule has 5 rings (SSSR count). The highest BCUT2D eigenvalue weighted by molar-refractivity contribution is 5.88. The average molecular weight is 542 g/mol. The lowest BCUT2D eigenvalue weighted by Gasteiger charge is -2.36. The summed E-state index contributed by atoms with van der Waals surface area (Å²) >= 11 is 0. The van der Waals surface area contributed by atoms with E-state index in [0.717, 1.165) is 40.4 Å². The number of aryl methyl sites for hydroxylation is 2. The fourth-order valence-electron chi connectivity index (χ4n) is 4.43. The van der Waals surface area contributed by atoms with Gasteiger partial charge in [-0.1, -0.05) is 6.92 Å². The first kappa shape index (κ1) is 27.1. The second-order valence-corrected chi connectivity index (χ2v) is 10.8. The molecular formula is C30H35N7O3. The number of carbonyl (C=O) groups is 1. The van der Waals surface area contributed by atoms with Gasteiger partial charge in [0, 0.05) is 37.6 Å². The van der Waals surface area contributed by atoms with E-state index in [0.29, 0.717) is 43.3 Å². The van der Waals surface area contributed by atoms with E-state index in [9.17, 15) is 4.79 Å². The molecule has 0 spiro atoms. The van der Waals surface area contributed by atoms with Crippen LogP contribution >= 0.6 is 0 Å². The molecule has 4 aromatic rings. The zero-order valence-electron chi connectivity index (χ0n) is 23.6. The van der Waals surface area contributed by atoms with Crippen molar-refractivity contribution < 1.29 is 14.3 Å². The molecule has 1 fully saturated rings. The van der Waals surface area contributed by atoms with Gasteiger partial charge in [-0.25, -0.2) is 19.7 Å². The predicted molar refractivity (Wildman–Crippen MR) is 156 cm³/mol. The van der Waals surface area contributed by atoms with Gasteiger partial charge in [0.2, 0.25) is 0 Å². The van der Waals surface area contributed by atoms with Gasteiger partial charge in [-0.05, 0) is 82.1 Å². The van der Waals surface area contributed by atoms with E-state index in [2.05, 4.69) is 32.1 Å². The number of benzene rings is 1. The normalized spacial score (nSPS) is 13.8. The van der Waals surface area contributed by atoms with Crippen molar-refractivity contribution >= 4 is 34.4 Å². The molecule has 10 heteroatoms. The number of anilines is 3. The first-order chi connectivity index (χ1) is 19.2. The number of fused-ring (bicyclic) bond motifs is 1. The molecule has 0 radical (unpaired) electrons. The van der Waals surface area contributed by atoms with Crippen molar-refractivity contribution in [3.8, 4) is 11.5 Å². The molecule has 0 unspecified atom stereocenters. The fourth-order valence-corrected chi connectivity index (χ4v) is 4.43. The Kier molecular flexibility index (Phi) is 7.68. The van der Waals surface area contributed by atoms with Gasteiger partial charge in [-0.15, -0.1) is 0 Å². The SMILES string of the molecule is CCc1ccc(Oc2ccc(Nc3ncnc4ccc(N5CCN(C(=O)OC(C)(C)C)CC5)nc34)cc2C)cn1. The molecule has 0 saturated carbocycles.